The lowest BCUT2D eigenvalue weighted by Gasteiger charge is -2.35. The van der Waals surface area contributed by atoms with Gasteiger partial charge in [-0.3, -0.25) is 0 Å². The molecule has 0 amide bonds. The predicted octanol–water partition coefficient (Wildman–Crippen LogP) is 14.5. The summed E-state index contributed by atoms with van der Waals surface area (Å²) in [5.74, 6) is 0.211. The maximum absolute atomic E-state index is 13.4. The average Bonchev–Trinajstić information content (AvgIpc) is 3.45. The van der Waals surface area contributed by atoms with Gasteiger partial charge in [0.25, 0.3) is 0 Å². The van der Waals surface area contributed by atoms with Gasteiger partial charge in [0, 0.05) is 43.9 Å². The third kappa shape index (κ3) is 11.3. The van der Waals surface area contributed by atoms with Gasteiger partial charge in [0.2, 0.25) is 0 Å². The lowest BCUT2D eigenvalue weighted by molar-refractivity contribution is 0.455. The molecule has 0 saturated heterocycles. The summed E-state index contributed by atoms with van der Waals surface area (Å²) in [5.41, 5.74) is 12.0. The zero-order chi connectivity index (χ0) is 55.7. The van der Waals surface area contributed by atoms with Gasteiger partial charge in [0.05, 0.1) is 0 Å². The van der Waals surface area contributed by atoms with Crippen molar-refractivity contribution in [1.29, 1.82) is 0 Å². The molecule has 8 N–H and O–H groups in total. The number of phenols is 8. The molecule has 0 radical (unpaired) electrons. The van der Waals surface area contributed by atoms with E-state index < -0.39 is 5.41 Å². The fourth-order valence-corrected chi connectivity index (χ4v) is 10.7. The van der Waals surface area contributed by atoms with Gasteiger partial charge in [-0.05, 0) is 207 Å². The largest absolute Gasteiger partial charge is 0.508 e. The molecule has 9 rings (SSSR count). The van der Waals surface area contributed by atoms with Crippen LogP contribution in [0.4, 0.5) is 5.69 Å². The molecule has 0 aromatic heterocycles. The summed E-state index contributed by atoms with van der Waals surface area (Å²) in [6.07, 6.45) is 0.574. The second-order valence-electron chi connectivity index (χ2n) is 21.5. The van der Waals surface area contributed by atoms with Gasteiger partial charge in [0.1, 0.15) is 51.7 Å². The molecule has 10 nitrogen and oxygen atoms in total. The van der Waals surface area contributed by atoms with E-state index in [4.69, 9.17) is 0 Å². The SMILES string of the molecule is Cc1ccc(Cc2cc(C(C)(c3cc(Cc4ccc(C)cc4O)c(O)c(Cc4ccc(C)cc4O)c3)c3cc(Cc4ccc(C)cc4O)c(N=O)c(Cc4ccc(C)cc4O)c3)cc(Cc3ccc(C)cc3O)c2O)c(O)c1. The quantitative estimate of drug-likeness (QED) is 0.0344. The molecule has 0 aliphatic carbocycles. The van der Waals surface area contributed by atoms with Crippen LogP contribution < -0.4 is 0 Å². The van der Waals surface area contributed by atoms with Crippen LogP contribution >= 0.6 is 0 Å². The molecule has 0 fully saturated rings. The second kappa shape index (κ2) is 21.9. The number of nitroso groups, excluding NO2 is 1. The van der Waals surface area contributed by atoms with Crippen LogP contribution in [0.5, 0.6) is 46.0 Å². The second-order valence-corrected chi connectivity index (χ2v) is 21.5. The smallest absolute Gasteiger partial charge is 0.122 e. The van der Waals surface area contributed by atoms with E-state index in [-0.39, 0.29) is 90.2 Å². The van der Waals surface area contributed by atoms with Gasteiger partial charge < -0.3 is 40.9 Å². The van der Waals surface area contributed by atoms with Gasteiger partial charge in [-0.1, -0.05) is 109 Å². The molecule has 0 aliphatic rings. The Morgan fingerprint density at radius 2 is 0.487 bits per heavy atom. The van der Waals surface area contributed by atoms with Crippen molar-refractivity contribution in [2.24, 2.45) is 5.18 Å². The topological polar surface area (TPSA) is 191 Å². The van der Waals surface area contributed by atoms with Crippen molar-refractivity contribution in [3.63, 3.8) is 0 Å². The first-order valence-electron chi connectivity index (χ1n) is 26.1. The fraction of sp³-hybridized carbons (Fsp3) is 0.206. The molecular formula is C68H65NO9. The van der Waals surface area contributed by atoms with Crippen LogP contribution in [0.3, 0.4) is 0 Å². The minimum absolute atomic E-state index is 0.0376. The summed E-state index contributed by atoms with van der Waals surface area (Å²) >= 11 is 0. The van der Waals surface area contributed by atoms with Crippen molar-refractivity contribution in [2.75, 3.05) is 0 Å². The van der Waals surface area contributed by atoms with Crippen molar-refractivity contribution in [3.8, 4) is 46.0 Å². The normalized spacial score (nSPS) is 11.5. The lowest BCUT2D eigenvalue weighted by atomic mass is 9.68. The average molecular weight is 1040 g/mol. The van der Waals surface area contributed by atoms with Crippen molar-refractivity contribution in [2.45, 2.75) is 92.4 Å². The third-order valence-electron chi connectivity index (χ3n) is 15.4. The molecular weight excluding hydrogens is 975 g/mol. The molecule has 0 spiro atoms. The molecule has 78 heavy (non-hydrogen) atoms. The van der Waals surface area contributed by atoms with Gasteiger partial charge in [-0.15, -0.1) is 4.91 Å². The van der Waals surface area contributed by atoms with Crippen molar-refractivity contribution in [1.82, 2.24) is 0 Å². The van der Waals surface area contributed by atoms with Crippen molar-refractivity contribution >= 4 is 5.69 Å². The van der Waals surface area contributed by atoms with Crippen LogP contribution in [-0.2, 0) is 43.9 Å². The third-order valence-corrected chi connectivity index (χ3v) is 15.4. The van der Waals surface area contributed by atoms with E-state index in [2.05, 4.69) is 5.18 Å². The number of aromatic hydroxyl groups is 8. The molecule has 0 atom stereocenters. The van der Waals surface area contributed by atoms with E-state index in [9.17, 15) is 45.8 Å². The van der Waals surface area contributed by atoms with E-state index in [0.717, 1.165) is 33.4 Å². The minimum Gasteiger partial charge on any atom is -0.508 e. The van der Waals surface area contributed by atoms with Crippen molar-refractivity contribution < 1.29 is 40.9 Å². The highest BCUT2D eigenvalue weighted by Gasteiger charge is 2.36. The Kier molecular flexibility index (Phi) is 15.1. The lowest BCUT2D eigenvalue weighted by Crippen LogP contribution is -2.27. The van der Waals surface area contributed by atoms with E-state index in [0.29, 0.717) is 83.5 Å². The Bertz CT molecular complexity index is 3410. The molecule has 396 valence electrons. The summed E-state index contributed by atoms with van der Waals surface area (Å²) in [6.45, 7) is 13.3. The maximum Gasteiger partial charge on any atom is 0.122 e. The van der Waals surface area contributed by atoms with Gasteiger partial charge in [-0.25, -0.2) is 0 Å². The molecule has 0 bridgehead atoms. The van der Waals surface area contributed by atoms with Crippen LogP contribution in [0, 0.1) is 46.4 Å². The van der Waals surface area contributed by atoms with Gasteiger partial charge in [0.15, 0.2) is 0 Å². The number of phenolic OH excluding ortho intramolecular Hbond substituents is 8. The Morgan fingerprint density at radius 1 is 0.295 bits per heavy atom. The van der Waals surface area contributed by atoms with Crippen LogP contribution in [-0.4, -0.2) is 40.9 Å². The zero-order valence-electron chi connectivity index (χ0n) is 45.0. The van der Waals surface area contributed by atoms with Crippen LogP contribution in [0.1, 0.15) is 124 Å². The number of nitrogens with zero attached hydrogens (tertiary/aromatic N) is 1. The fourth-order valence-electron chi connectivity index (χ4n) is 10.7. The Labute approximate surface area is 455 Å². The summed E-state index contributed by atoms with van der Waals surface area (Å²) in [7, 11) is 0. The molecule has 9 aromatic carbocycles. The van der Waals surface area contributed by atoms with Crippen molar-refractivity contribution in [3.05, 3.63) is 267 Å². The number of aryl methyl sites for hydroxylation is 6. The Hall–Kier alpha value is -9.02. The number of hydrogen-bond acceptors (Lipinski definition) is 10. The molecule has 0 heterocycles. The summed E-state index contributed by atoms with van der Waals surface area (Å²) in [5, 5.41) is 97.0. The summed E-state index contributed by atoms with van der Waals surface area (Å²) in [4.78, 5) is 13.4. The predicted molar refractivity (Wildman–Crippen MR) is 308 cm³/mol. The van der Waals surface area contributed by atoms with E-state index in [1.54, 1.807) is 36.4 Å². The molecule has 9 aromatic rings. The number of hydrogen-bond donors (Lipinski definition) is 8. The minimum atomic E-state index is -1.32. The molecule has 0 aliphatic heterocycles. The first-order chi connectivity index (χ1) is 37.2. The first-order valence-corrected chi connectivity index (χ1v) is 26.1. The van der Waals surface area contributed by atoms with Crippen LogP contribution in [0.15, 0.2) is 151 Å². The molecule has 0 saturated carbocycles. The van der Waals surface area contributed by atoms with E-state index >= 15 is 0 Å². The number of benzene rings is 9. The van der Waals surface area contributed by atoms with Crippen LogP contribution in [0.2, 0.25) is 0 Å². The molecule has 10 heteroatoms. The monoisotopic (exact) mass is 1040 g/mol. The zero-order valence-corrected chi connectivity index (χ0v) is 45.0. The maximum atomic E-state index is 13.4. The van der Waals surface area contributed by atoms with E-state index in [1.165, 1.54) is 0 Å². The molecule has 0 unspecified atom stereocenters. The standard InChI is InChI=1S/C68H65NO9/c1-38-8-14-44(59(70)20-38)26-50-32-56(33-51(65(50)69-78)27-45-15-9-39(2)21-60(45)71)68(7,57-34-52(28-46-16-10-40(3)22-61(46)72)66(76)53(35-57)29-47-17-11-41(4)23-62(47)73)58-36-54(30-48-18-12-42(5)24-63(48)74)67(77)55(37-58)31-49-19-13-43(6)25-64(49)75/h8-25,32-37,70-77H,26-31H2,1-7H3. The number of rotatable bonds is 16. The highest BCUT2D eigenvalue weighted by Crippen LogP contribution is 2.48. The first kappa shape index (κ1) is 53.8. The van der Waals surface area contributed by atoms with Gasteiger partial charge >= 0.3 is 0 Å². The van der Waals surface area contributed by atoms with Gasteiger partial charge in [-0.2, -0.15) is 0 Å². The highest BCUT2D eigenvalue weighted by molar-refractivity contribution is 5.66. The highest BCUT2D eigenvalue weighted by atomic mass is 16.3. The summed E-state index contributed by atoms with van der Waals surface area (Å²) < 4.78 is 0. The summed E-state index contributed by atoms with van der Waals surface area (Å²) in [6, 6.07) is 43.7. The Morgan fingerprint density at radius 3 is 0.679 bits per heavy atom. The van der Waals surface area contributed by atoms with Crippen LogP contribution in [0.25, 0.3) is 0 Å². The Balaban J connectivity index is 1.40. The van der Waals surface area contributed by atoms with E-state index in [1.807, 2.05) is 158 Å².